The predicted octanol–water partition coefficient (Wildman–Crippen LogP) is 0.898. The van der Waals surface area contributed by atoms with E-state index in [9.17, 15) is 9.59 Å². The number of aliphatic hydroxyl groups is 3. The van der Waals surface area contributed by atoms with Crippen molar-refractivity contribution in [3.05, 3.63) is 34.4 Å². The Morgan fingerprint density at radius 3 is 1.35 bits per heavy atom. The van der Waals surface area contributed by atoms with Crippen LogP contribution in [0.3, 0.4) is 0 Å². The summed E-state index contributed by atoms with van der Waals surface area (Å²) in [6.45, 7) is 4.69. The van der Waals surface area contributed by atoms with Crippen LogP contribution in [0.1, 0.15) is 38.8 Å². The second kappa shape index (κ2) is 8.58. The standard InChI is InChI=1S/C10H10O2.C5H12O3/c1-7-3-10(6-12)8(2)4-9(7)5-11;1-5(2-6,3-7)4-8/h3-6H,1-2H3;6-8H,2-4H2,1H3. The lowest BCUT2D eigenvalue weighted by Gasteiger charge is -2.20. The molecule has 20 heavy (non-hydrogen) atoms. The van der Waals surface area contributed by atoms with E-state index in [-0.39, 0.29) is 19.8 Å². The second-order valence-corrected chi connectivity index (χ2v) is 5.09. The molecule has 0 aliphatic carbocycles. The van der Waals surface area contributed by atoms with Crippen molar-refractivity contribution in [3.63, 3.8) is 0 Å². The molecule has 0 bridgehead atoms. The van der Waals surface area contributed by atoms with E-state index in [0.717, 1.165) is 23.7 Å². The molecule has 112 valence electrons. The van der Waals surface area contributed by atoms with Crippen LogP contribution in [-0.4, -0.2) is 47.7 Å². The van der Waals surface area contributed by atoms with Crippen LogP contribution in [0.4, 0.5) is 0 Å². The van der Waals surface area contributed by atoms with Crippen molar-refractivity contribution < 1.29 is 24.9 Å². The fourth-order valence-corrected chi connectivity index (χ4v) is 1.26. The highest BCUT2D eigenvalue weighted by molar-refractivity contribution is 5.83. The number of rotatable bonds is 5. The molecule has 0 heterocycles. The lowest BCUT2D eigenvalue weighted by molar-refractivity contribution is 0.0200. The van der Waals surface area contributed by atoms with E-state index >= 15 is 0 Å². The summed E-state index contributed by atoms with van der Waals surface area (Å²) in [7, 11) is 0. The van der Waals surface area contributed by atoms with Crippen molar-refractivity contribution in [2.24, 2.45) is 5.41 Å². The first-order valence-corrected chi connectivity index (χ1v) is 6.21. The highest BCUT2D eigenvalue weighted by Gasteiger charge is 2.20. The van der Waals surface area contributed by atoms with Crippen LogP contribution in [0.25, 0.3) is 0 Å². The monoisotopic (exact) mass is 282 g/mol. The van der Waals surface area contributed by atoms with Gasteiger partial charge in [0.05, 0.1) is 19.8 Å². The largest absolute Gasteiger partial charge is 0.396 e. The molecule has 0 radical (unpaired) electrons. The van der Waals surface area contributed by atoms with Crippen LogP contribution in [0, 0.1) is 19.3 Å². The topological polar surface area (TPSA) is 94.8 Å². The number of aldehydes is 2. The zero-order valence-corrected chi connectivity index (χ0v) is 12.1. The number of hydrogen-bond donors (Lipinski definition) is 3. The summed E-state index contributed by atoms with van der Waals surface area (Å²) in [4.78, 5) is 21.0. The van der Waals surface area contributed by atoms with Gasteiger partial charge in [-0.25, -0.2) is 0 Å². The van der Waals surface area contributed by atoms with Crippen LogP contribution < -0.4 is 0 Å². The molecule has 1 rings (SSSR count). The molecule has 1 aromatic rings. The van der Waals surface area contributed by atoms with E-state index in [4.69, 9.17) is 15.3 Å². The molecule has 0 amide bonds. The second-order valence-electron chi connectivity index (χ2n) is 5.09. The third-order valence-electron chi connectivity index (χ3n) is 3.05. The van der Waals surface area contributed by atoms with Gasteiger partial charge in [0.1, 0.15) is 12.6 Å². The van der Waals surface area contributed by atoms with E-state index in [1.165, 1.54) is 0 Å². The minimum absolute atomic E-state index is 0.181. The van der Waals surface area contributed by atoms with Gasteiger partial charge in [-0.2, -0.15) is 0 Å². The van der Waals surface area contributed by atoms with E-state index in [0.29, 0.717) is 11.1 Å². The maximum absolute atomic E-state index is 10.5. The van der Waals surface area contributed by atoms with Crippen LogP contribution in [0.2, 0.25) is 0 Å². The third kappa shape index (κ3) is 5.21. The summed E-state index contributed by atoms with van der Waals surface area (Å²) in [5.41, 5.74) is 2.28. The molecular formula is C15H22O5. The Morgan fingerprint density at radius 2 is 1.20 bits per heavy atom. The maximum Gasteiger partial charge on any atom is 0.150 e. The molecule has 0 aromatic heterocycles. The van der Waals surface area contributed by atoms with Gasteiger partial charge in [0.15, 0.2) is 0 Å². The van der Waals surface area contributed by atoms with Crippen LogP contribution in [0.15, 0.2) is 12.1 Å². The zero-order valence-electron chi connectivity index (χ0n) is 12.1. The molecule has 5 heteroatoms. The number of carbonyl (C=O) groups excluding carboxylic acids is 2. The van der Waals surface area contributed by atoms with Crippen molar-refractivity contribution in [2.75, 3.05) is 19.8 Å². The molecule has 0 spiro atoms. The molecule has 1 aromatic carbocycles. The van der Waals surface area contributed by atoms with Crippen molar-refractivity contribution in [2.45, 2.75) is 20.8 Å². The number of benzene rings is 1. The highest BCUT2D eigenvalue weighted by atomic mass is 16.3. The number of carbonyl (C=O) groups is 2. The van der Waals surface area contributed by atoms with Crippen LogP contribution in [-0.2, 0) is 0 Å². The Labute approximate surface area is 118 Å². The van der Waals surface area contributed by atoms with Gasteiger partial charge in [0.25, 0.3) is 0 Å². The quantitative estimate of drug-likeness (QED) is 0.697. The molecule has 0 atom stereocenters. The Morgan fingerprint density at radius 1 is 0.900 bits per heavy atom. The van der Waals surface area contributed by atoms with Gasteiger partial charge in [-0.1, -0.05) is 6.92 Å². The molecule has 0 saturated heterocycles. The number of aliphatic hydroxyl groups excluding tert-OH is 3. The van der Waals surface area contributed by atoms with Crippen molar-refractivity contribution >= 4 is 12.6 Å². The minimum atomic E-state index is -0.708. The van der Waals surface area contributed by atoms with E-state index < -0.39 is 5.41 Å². The molecule has 0 aliphatic rings. The average Bonchev–Trinajstić information content (AvgIpc) is 2.48. The first-order valence-electron chi connectivity index (χ1n) is 6.21. The Balaban J connectivity index is 0.000000396. The number of hydrogen-bond acceptors (Lipinski definition) is 5. The first-order chi connectivity index (χ1) is 9.37. The number of aryl methyl sites for hydroxylation is 2. The normalized spacial score (nSPS) is 10.5. The molecular weight excluding hydrogens is 260 g/mol. The first kappa shape index (κ1) is 18.4. The van der Waals surface area contributed by atoms with E-state index in [1.54, 1.807) is 19.1 Å². The van der Waals surface area contributed by atoms with Gasteiger partial charge in [-0.3, -0.25) is 9.59 Å². The molecule has 0 fully saturated rings. The molecule has 0 unspecified atom stereocenters. The van der Waals surface area contributed by atoms with Gasteiger partial charge >= 0.3 is 0 Å². The van der Waals surface area contributed by atoms with Crippen LogP contribution in [0.5, 0.6) is 0 Å². The molecule has 5 nitrogen and oxygen atoms in total. The maximum atomic E-state index is 10.5. The van der Waals surface area contributed by atoms with Gasteiger partial charge in [0.2, 0.25) is 0 Å². The molecule has 0 saturated carbocycles. The molecule has 3 N–H and O–H groups in total. The lowest BCUT2D eigenvalue weighted by Crippen LogP contribution is -2.29. The third-order valence-corrected chi connectivity index (χ3v) is 3.05. The highest BCUT2D eigenvalue weighted by Crippen LogP contribution is 2.12. The van der Waals surface area contributed by atoms with Crippen LogP contribution >= 0.6 is 0 Å². The summed E-state index contributed by atoms with van der Waals surface area (Å²) in [5.74, 6) is 0. The SMILES string of the molecule is CC(CO)(CO)CO.Cc1cc(C=O)c(C)cc1C=O. The van der Waals surface area contributed by atoms with Crippen molar-refractivity contribution in [1.82, 2.24) is 0 Å². The van der Waals surface area contributed by atoms with E-state index in [2.05, 4.69) is 0 Å². The summed E-state index contributed by atoms with van der Waals surface area (Å²) < 4.78 is 0. The fraction of sp³-hybridized carbons (Fsp3) is 0.467. The Bertz CT molecular complexity index is 408. The van der Waals surface area contributed by atoms with Gasteiger partial charge < -0.3 is 15.3 Å². The average molecular weight is 282 g/mol. The minimum Gasteiger partial charge on any atom is -0.396 e. The fourth-order valence-electron chi connectivity index (χ4n) is 1.26. The summed E-state index contributed by atoms with van der Waals surface area (Å²) in [5, 5.41) is 25.4. The van der Waals surface area contributed by atoms with Gasteiger partial charge in [-0.15, -0.1) is 0 Å². The zero-order chi connectivity index (χ0) is 15.8. The van der Waals surface area contributed by atoms with Gasteiger partial charge in [-0.05, 0) is 37.1 Å². The smallest absolute Gasteiger partial charge is 0.150 e. The Hall–Kier alpha value is -1.56. The van der Waals surface area contributed by atoms with Crippen molar-refractivity contribution in [1.29, 1.82) is 0 Å². The van der Waals surface area contributed by atoms with E-state index in [1.807, 2.05) is 13.8 Å². The predicted molar refractivity (Wildman–Crippen MR) is 76.1 cm³/mol. The lowest BCUT2D eigenvalue weighted by atomic mass is 9.95. The van der Waals surface area contributed by atoms with Gasteiger partial charge in [0, 0.05) is 16.5 Å². The Kier molecular flexibility index (Phi) is 7.91. The summed E-state index contributed by atoms with van der Waals surface area (Å²) in [6.07, 6.45) is 1.60. The molecule has 0 aliphatic heterocycles. The summed E-state index contributed by atoms with van der Waals surface area (Å²) in [6, 6.07) is 3.46. The summed E-state index contributed by atoms with van der Waals surface area (Å²) >= 11 is 0. The van der Waals surface area contributed by atoms with Crippen molar-refractivity contribution in [3.8, 4) is 0 Å².